The number of para-hydroxylation sites is 1. The van der Waals surface area contributed by atoms with Gasteiger partial charge in [-0.1, -0.05) is 18.2 Å². The van der Waals surface area contributed by atoms with Crippen LogP contribution in [0.1, 0.15) is 0 Å². The largest absolute Gasteiger partial charge is 0.308 e. The van der Waals surface area contributed by atoms with Gasteiger partial charge in [0.25, 0.3) is 11.4 Å². The zero-order chi connectivity index (χ0) is 23.4. The third-order valence-electron chi connectivity index (χ3n) is 4.24. The Kier molecular flexibility index (Phi) is 5.86. The molecule has 3 aromatic rings. The molecule has 0 aliphatic heterocycles. The number of benzene rings is 3. The quantitative estimate of drug-likeness (QED) is 0.296. The molecule has 1 N–H and O–H groups in total. The summed E-state index contributed by atoms with van der Waals surface area (Å²) in [5.74, 6) is 0. The molecule has 32 heavy (non-hydrogen) atoms. The highest BCUT2D eigenvalue weighted by Gasteiger charge is 2.32. The van der Waals surface area contributed by atoms with Gasteiger partial charge in [0.05, 0.1) is 43.2 Å². The first kappa shape index (κ1) is 21.6. The van der Waals surface area contributed by atoms with E-state index in [1.165, 1.54) is 29.3 Å². The Morgan fingerprint density at radius 3 is 1.50 bits per heavy atom. The van der Waals surface area contributed by atoms with Gasteiger partial charge in [0.1, 0.15) is 0 Å². The lowest BCUT2D eigenvalue weighted by Crippen LogP contribution is -2.25. The molecule has 0 heterocycles. The summed E-state index contributed by atoms with van der Waals surface area (Å²) in [5.41, 5.74) is -0.215. The number of hydrazine groups is 1. The third kappa shape index (κ3) is 4.38. The van der Waals surface area contributed by atoms with Crippen LogP contribution in [0.3, 0.4) is 0 Å². The van der Waals surface area contributed by atoms with Crippen molar-refractivity contribution < 1.29 is 19.7 Å². The molecule has 0 aromatic heterocycles. The van der Waals surface area contributed by atoms with E-state index in [1.807, 2.05) is 0 Å². The van der Waals surface area contributed by atoms with Crippen LogP contribution < -0.4 is 10.4 Å². The summed E-state index contributed by atoms with van der Waals surface area (Å²) in [6.07, 6.45) is 0. The Labute approximate surface area is 177 Å². The number of nitrogens with one attached hydrogen (secondary N) is 1. The van der Waals surface area contributed by atoms with Crippen LogP contribution in [-0.4, -0.2) is 19.7 Å². The van der Waals surface area contributed by atoms with E-state index in [1.54, 1.807) is 30.3 Å². The Morgan fingerprint density at radius 1 is 0.594 bits per heavy atom. The number of hydrogen-bond donors (Lipinski definition) is 1. The Hall–Kier alpha value is -5.14. The van der Waals surface area contributed by atoms with Gasteiger partial charge in [0.15, 0.2) is 0 Å². The van der Waals surface area contributed by atoms with Gasteiger partial charge in [0.2, 0.25) is 5.69 Å². The molecule has 3 aromatic carbocycles. The maximum absolute atomic E-state index is 11.6. The van der Waals surface area contributed by atoms with Gasteiger partial charge in [-0.3, -0.25) is 50.9 Å². The molecule has 0 saturated carbocycles. The van der Waals surface area contributed by atoms with Crippen LogP contribution >= 0.6 is 0 Å². The molecule has 0 unspecified atom stereocenters. The number of hydrogen-bond acceptors (Lipinski definition) is 10. The normalized spacial score (nSPS) is 10.2. The van der Waals surface area contributed by atoms with Crippen molar-refractivity contribution in [2.75, 3.05) is 10.4 Å². The van der Waals surface area contributed by atoms with Crippen LogP contribution in [0.15, 0.2) is 66.7 Å². The summed E-state index contributed by atoms with van der Waals surface area (Å²) >= 11 is 0. The summed E-state index contributed by atoms with van der Waals surface area (Å²) in [4.78, 5) is 41.6. The molecule has 0 fully saturated rings. The molecule has 3 rings (SSSR count). The minimum Gasteiger partial charge on any atom is -0.282 e. The summed E-state index contributed by atoms with van der Waals surface area (Å²) in [6, 6.07) is 14.4. The number of nitrogens with zero attached hydrogens (tertiary/aromatic N) is 5. The van der Waals surface area contributed by atoms with Gasteiger partial charge in [-0.15, -0.1) is 0 Å². The predicted octanol–water partition coefficient (Wildman–Crippen LogP) is 4.48. The van der Waals surface area contributed by atoms with Crippen LogP contribution in [0.4, 0.5) is 39.8 Å². The Bertz CT molecular complexity index is 1180. The molecular formula is C18H12N6O8. The summed E-state index contributed by atoms with van der Waals surface area (Å²) in [7, 11) is 0. The molecule has 0 spiro atoms. The highest BCUT2D eigenvalue weighted by Crippen LogP contribution is 2.40. The van der Waals surface area contributed by atoms with Crippen molar-refractivity contribution in [1.29, 1.82) is 0 Å². The van der Waals surface area contributed by atoms with E-state index in [4.69, 9.17) is 0 Å². The molecule has 0 radical (unpaired) electrons. The maximum Gasteiger partial charge on any atom is 0.308 e. The number of nitro groups is 4. The SMILES string of the molecule is O=[N+]([O-])c1cc([15N+](=O)[O-])cc([N+](=O)[O-])c1NN(c1ccccc1)c1ccc([15N+](=O)[O-])cc1. The standard InChI is InChI=1S/C18H12N6O8/c25-21(26)14-8-6-13(7-9-14)20(12-4-2-1-3-5-12)19-18-16(23(29)30)10-15(22(27)28)11-17(18)24(31)32/h1-11,19H/i21+1,22+1. The fourth-order valence-electron chi connectivity index (χ4n) is 2.80. The molecule has 14 nitrogen and oxygen atoms in total. The van der Waals surface area contributed by atoms with Gasteiger partial charge >= 0.3 is 11.4 Å². The molecule has 0 bridgehead atoms. The lowest BCUT2D eigenvalue weighted by Gasteiger charge is -2.26. The Morgan fingerprint density at radius 2 is 1.06 bits per heavy atom. The molecule has 162 valence electrons. The van der Waals surface area contributed by atoms with E-state index < -0.39 is 42.4 Å². The van der Waals surface area contributed by atoms with E-state index in [2.05, 4.69) is 5.43 Å². The number of rotatable bonds is 8. The minimum atomic E-state index is -0.985. The van der Waals surface area contributed by atoms with Crippen molar-refractivity contribution in [3.8, 4) is 0 Å². The summed E-state index contributed by atoms with van der Waals surface area (Å²) in [5, 5.41) is 46.4. The third-order valence-corrected chi connectivity index (χ3v) is 4.24. The molecule has 0 aliphatic carbocycles. The number of anilines is 3. The number of nitro benzene ring substituents is 4. The monoisotopic (exact) mass is 442 g/mol. The van der Waals surface area contributed by atoms with Gasteiger partial charge in [-0.25, -0.2) is 0 Å². The van der Waals surface area contributed by atoms with Gasteiger partial charge in [-0.2, -0.15) is 0 Å². The van der Waals surface area contributed by atoms with E-state index >= 15 is 0 Å². The van der Waals surface area contributed by atoms with Crippen molar-refractivity contribution >= 4 is 39.8 Å². The molecule has 0 amide bonds. The lowest BCUT2D eigenvalue weighted by molar-refractivity contribution is -0.401. The average molecular weight is 442 g/mol. The van der Waals surface area contributed by atoms with E-state index in [0.717, 1.165) is 0 Å². The molecule has 0 aliphatic rings. The van der Waals surface area contributed by atoms with Crippen molar-refractivity contribution in [2.24, 2.45) is 0 Å². The maximum atomic E-state index is 11.6. The summed E-state index contributed by atoms with van der Waals surface area (Å²) < 4.78 is 0. The zero-order valence-electron chi connectivity index (χ0n) is 15.9. The molecular weight excluding hydrogens is 430 g/mol. The van der Waals surface area contributed by atoms with Crippen LogP contribution in [0.25, 0.3) is 0 Å². The summed E-state index contributed by atoms with van der Waals surface area (Å²) in [6.45, 7) is 0. The second-order valence-electron chi connectivity index (χ2n) is 6.19. The van der Waals surface area contributed by atoms with Crippen molar-refractivity contribution in [2.45, 2.75) is 0 Å². The average Bonchev–Trinajstić information content (AvgIpc) is 2.77. The second kappa shape index (κ2) is 8.70. The van der Waals surface area contributed by atoms with E-state index in [9.17, 15) is 40.5 Å². The fraction of sp³-hybridized carbons (Fsp3) is 0. The van der Waals surface area contributed by atoms with Crippen LogP contribution in [0, 0.1) is 40.5 Å². The van der Waals surface area contributed by atoms with Gasteiger partial charge in [0, 0.05) is 12.1 Å². The first-order valence-electron chi connectivity index (χ1n) is 8.66. The highest BCUT2D eigenvalue weighted by atomic mass is 16.9. The minimum absolute atomic E-state index is 0.214. The van der Waals surface area contributed by atoms with E-state index in [0.29, 0.717) is 17.8 Å². The van der Waals surface area contributed by atoms with Crippen LogP contribution in [0.2, 0.25) is 0 Å². The van der Waals surface area contributed by atoms with Crippen LogP contribution in [-0.2, 0) is 0 Å². The predicted molar refractivity (Wildman–Crippen MR) is 112 cm³/mol. The molecule has 0 atom stereocenters. The molecule has 14 heteroatoms. The lowest BCUT2D eigenvalue weighted by atomic mass is 10.2. The topological polar surface area (TPSA) is 188 Å². The number of non-ortho nitro benzene ring substituents is 2. The zero-order valence-corrected chi connectivity index (χ0v) is 15.9. The first-order chi connectivity index (χ1) is 15.2. The fourth-order valence-corrected chi connectivity index (χ4v) is 2.80. The van der Waals surface area contributed by atoms with E-state index in [-0.39, 0.29) is 11.4 Å². The molecule has 0 saturated heterocycles. The first-order valence-corrected chi connectivity index (χ1v) is 8.66. The van der Waals surface area contributed by atoms with Gasteiger partial charge < -0.3 is 0 Å². The van der Waals surface area contributed by atoms with Gasteiger partial charge in [-0.05, 0) is 24.3 Å². The van der Waals surface area contributed by atoms with Crippen molar-refractivity contribution in [3.05, 3.63) is 107 Å². The second-order valence-corrected chi connectivity index (χ2v) is 6.19. The highest BCUT2D eigenvalue weighted by molar-refractivity contribution is 5.81. The smallest absolute Gasteiger partial charge is 0.282 e. The van der Waals surface area contributed by atoms with Crippen molar-refractivity contribution in [3.63, 3.8) is 0 Å². The van der Waals surface area contributed by atoms with Crippen LogP contribution in [0.5, 0.6) is 0 Å². The van der Waals surface area contributed by atoms with Crippen molar-refractivity contribution in [1.82, 2.24) is 0 Å². The Balaban J connectivity index is 2.20.